The number of amides is 1. The van der Waals surface area contributed by atoms with Gasteiger partial charge in [-0.2, -0.15) is 0 Å². The molecule has 0 aromatic heterocycles. The van der Waals surface area contributed by atoms with E-state index in [0.29, 0.717) is 17.4 Å². The number of benzene rings is 2. The van der Waals surface area contributed by atoms with Gasteiger partial charge in [0.25, 0.3) is 10.0 Å². The van der Waals surface area contributed by atoms with Crippen molar-refractivity contribution in [2.75, 3.05) is 42.8 Å². The predicted octanol–water partition coefficient (Wildman–Crippen LogP) is 1.68. The second-order valence-electron chi connectivity index (χ2n) is 8.05. The molecule has 2 aromatic rings. The van der Waals surface area contributed by atoms with Crippen LogP contribution in [0.5, 0.6) is 0 Å². The highest BCUT2D eigenvalue weighted by Crippen LogP contribution is 2.23. The van der Waals surface area contributed by atoms with E-state index >= 15 is 0 Å². The molecule has 2 aromatic carbocycles. The molecule has 0 bridgehead atoms. The molecule has 0 radical (unpaired) electrons. The van der Waals surface area contributed by atoms with Crippen LogP contribution >= 0.6 is 0 Å². The summed E-state index contributed by atoms with van der Waals surface area (Å²) in [5.74, 6) is -3.84. The number of carboxylic acids is 2. The van der Waals surface area contributed by atoms with Crippen molar-refractivity contribution in [2.45, 2.75) is 30.7 Å². The largest absolute Gasteiger partial charge is 0.473 e. The fourth-order valence-electron chi connectivity index (χ4n) is 3.77. The molecule has 11 nitrogen and oxygen atoms in total. The van der Waals surface area contributed by atoms with Crippen LogP contribution in [0.2, 0.25) is 0 Å². The highest BCUT2D eigenvalue weighted by atomic mass is 32.2. The fraction of sp³-hybridized carbons (Fsp3) is 0.375. The molecule has 1 fully saturated rings. The van der Waals surface area contributed by atoms with E-state index in [0.717, 1.165) is 26.1 Å². The third kappa shape index (κ3) is 8.33. The number of para-hydroxylation sites is 1. The van der Waals surface area contributed by atoms with Crippen LogP contribution in [0.25, 0.3) is 0 Å². The Morgan fingerprint density at radius 2 is 1.72 bits per heavy atom. The van der Waals surface area contributed by atoms with E-state index in [1.807, 2.05) is 6.07 Å². The minimum atomic E-state index is -3.73. The van der Waals surface area contributed by atoms with Crippen LogP contribution in [0.15, 0.2) is 59.5 Å². The van der Waals surface area contributed by atoms with Crippen molar-refractivity contribution < 1.29 is 33.0 Å². The molecule has 1 aliphatic heterocycles. The Labute approximate surface area is 210 Å². The van der Waals surface area contributed by atoms with E-state index in [4.69, 9.17) is 19.8 Å². The number of nitrogens with one attached hydrogen (secondary N) is 2. The van der Waals surface area contributed by atoms with E-state index in [1.54, 1.807) is 36.4 Å². The molecule has 4 N–H and O–H groups in total. The molecule has 1 aliphatic rings. The number of carboxylic acid groups (broad SMARTS) is 2. The first-order chi connectivity index (χ1) is 17.1. The normalized spacial score (nSPS) is 15.4. The summed E-state index contributed by atoms with van der Waals surface area (Å²) in [6, 6.07) is 15.7. The number of hydrogen-bond donors (Lipinski definition) is 4. The maximum absolute atomic E-state index is 12.9. The summed E-state index contributed by atoms with van der Waals surface area (Å²) in [7, 11) is -2.21. The van der Waals surface area contributed by atoms with Crippen molar-refractivity contribution >= 4 is 39.2 Å². The van der Waals surface area contributed by atoms with Gasteiger partial charge in [0.15, 0.2) is 0 Å². The molecule has 1 amide bonds. The van der Waals surface area contributed by atoms with Crippen LogP contribution in [0, 0.1) is 0 Å². The molecule has 1 saturated heterocycles. The number of anilines is 2. The number of hydrogen-bond acceptors (Lipinski definition) is 7. The Hall–Kier alpha value is -3.48. The smallest absolute Gasteiger partial charge is 0.414 e. The molecule has 1 unspecified atom stereocenters. The topological polar surface area (TPSA) is 156 Å². The SMILES string of the molecule is CCN1CCCC1CNCC(=O)Nc1cccc(S(=O)(=O)N(C)c2ccccc2)c1.O=C(O)C(=O)O. The maximum atomic E-state index is 12.9. The number of carbonyl (C=O) groups is 3. The molecule has 0 spiro atoms. The van der Waals surface area contributed by atoms with Gasteiger partial charge in [-0.3, -0.25) is 14.0 Å². The van der Waals surface area contributed by atoms with Gasteiger partial charge >= 0.3 is 11.9 Å². The standard InChI is InChI=1S/C22H30N4O3S.C2H2O4/c1-3-26-14-8-12-20(26)16-23-17-22(27)24-18-9-7-13-21(15-18)30(28,29)25(2)19-10-5-4-6-11-19;3-1(4)2(5)6/h4-7,9-11,13,15,20,23H,3,8,12,14,16-17H2,1-2H3,(H,24,27);(H,3,4)(H,5,6). The van der Waals surface area contributed by atoms with Gasteiger partial charge in [0.2, 0.25) is 5.91 Å². The van der Waals surface area contributed by atoms with E-state index < -0.39 is 22.0 Å². The summed E-state index contributed by atoms with van der Waals surface area (Å²) >= 11 is 0. The number of nitrogens with zero attached hydrogens (tertiary/aromatic N) is 2. The van der Waals surface area contributed by atoms with Crippen molar-refractivity contribution in [2.24, 2.45) is 0 Å². The highest BCUT2D eigenvalue weighted by Gasteiger charge is 2.23. The molecular formula is C24H32N4O7S. The lowest BCUT2D eigenvalue weighted by Crippen LogP contribution is -2.40. The Kier molecular flexibility index (Phi) is 10.8. The lowest BCUT2D eigenvalue weighted by molar-refractivity contribution is -0.159. The minimum Gasteiger partial charge on any atom is -0.473 e. The molecular weight excluding hydrogens is 488 g/mol. The predicted molar refractivity (Wildman–Crippen MR) is 136 cm³/mol. The Morgan fingerprint density at radius 1 is 1.06 bits per heavy atom. The molecule has 3 rings (SSSR count). The summed E-state index contributed by atoms with van der Waals surface area (Å²) in [5, 5.41) is 20.8. The number of aliphatic carboxylic acids is 2. The summed E-state index contributed by atoms with van der Waals surface area (Å²) < 4.78 is 27.1. The van der Waals surface area contributed by atoms with E-state index in [1.165, 1.54) is 29.9 Å². The first-order valence-corrected chi connectivity index (χ1v) is 12.8. The molecule has 36 heavy (non-hydrogen) atoms. The zero-order chi connectivity index (χ0) is 26.7. The number of rotatable bonds is 9. The van der Waals surface area contributed by atoms with Crippen molar-refractivity contribution in [1.82, 2.24) is 10.2 Å². The molecule has 1 atom stereocenters. The zero-order valence-corrected chi connectivity index (χ0v) is 21.1. The first-order valence-electron chi connectivity index (χ1n) is 11.4. The second kappa shape index (κ2) is 13.6. The summed E-state index contributed by atoms with van der Waals surface area (Å²) in [5.41, 5.74) is 1.03. The van der Waals surface area contributed by atoms with Crippen LogP contribution in [-0.2, 0) is 24.4 Å². The van der Waals surface area contributed by atoms with Crippen molar-refractivity contribution in [1.29, 1.82) is 0 Å². The number of carbonyl (C=O) groups excluding carboxylic acids is 1. The van der Waals surface area contributed by atoms with Gasteiger partial charge < -0.3 is 20.8 Å². The summed E-state index contributed by atoms with van der Waals surface area (Å²) in [4.78, 5) is 33.1. The third-order valence-corrected chi connectivity index (χ3v) is 7.43. The zero-order valence-electron chi connectivity index (χ0n) is 20.3. The van der Waals surface area contributed by atoms with E-state index in [9.17, 15) is 13.2 Å². The average molecular weight is 521 g/mol. The summed E-state index contributed by atoms with van der Waals surface area (Å²) in [6.07, 6.45) is 2.35. The third-order valence-electron chi connectivity index (χ3n) is 5.65. The first kappa shape index (κ1) is 28.8. The second-order valence-corrected chi connectivity index (χ2v) is 10.0. The van der Waals surface area contributed by atoms with E-state index in [-0.39, 0.29) is 17.3 Å². The monoisotopic (exact) mass is 520 g/mol. The van der Waals surface area contributed by atoms with Gasteiger partial charge in [-0.1, -0.05) is 31.2 Å². The Bertz CT molecular complexity index is 1130. The lowest BCUT2D eigenvalue weighted by Gasteiger charge is -2.22. The highest BCUT2D eigenvalue weighted by molar-refractivity contribution is 7.92. The fourth-order valence-corrected chi connectivity index (χ4v) is 5.01. The Morgan fingerprint density at radius 3 is 2.33 bits per heavy atom. The van der Waals surface area contributed by atoms with Crippen LogP contribution < -0.4 is 14.9 Å². The summed E-state index contributed by atoms with van der Waals surface area (Å²) in [6.45, 7) is 5.26. The van der Waals surface area contributed by atoms with Gasteiger partial charge in [0, 0.05) is 25.3 Å². The molecule has 0 saturated carbocycles. The Balaban J connectivity index is 0.000000678. The van der Waals surface area contributed by atoms with Crippen LogP contribution in [-0.4, -0.2) is 80.6 Å². The lowest BCUT2D eigenvalue weighted by atomic mass is 10.2. The molecule has 12 heteroatoms. The average Bonchev–Trinajstić information content (AvgIpc) is 3.32. The molecule has 196 valence electrons. The number of likely N-dealkylation sites (N-methyl/N-ethyl adjacent to an activating group) is 1. The number of likely N-dealkylation sites (tertiary alicyclic amines) is 1. The van der Waals surface area contributed by atoms with Gasteiger partial charge in [0.1, 0.15) is 0 Å². The minimum absolute atomic E-state index is 0.129. The quantitative estimate of drug-likeness (QED) is 0.361. The van der Waals surface area contributed by atoms with Crippen molar-refractivity contribution in [3.05, 3.63) is 54.6 Å². The van der Waals surface area contributed by atoms with Crippen molar-refractivity contribution in [3.63, 3.8) is 0 Å². The van der Waals surface area contributed by atoms with Gasteiger partial charge in [-0.05, 0) is 56.3 Å². The van der Waals surface area contributed by atoms with Crippen LogP contribution in [0.1, 0.15) is 19.8 Å². The van der Waals surface area contributed by atoms with E-state index in [2.05, 4.69) is 22.5 Å². The van der Waals surface area contributed by atoms with Crippen molar-refractivity contribution in [3.8, 4) is 0 Å². The molecule has 1 heterocycles. The van der Waals surface area contributed by atoms with Crippen LogP contribution in [0.3, 0.4) is 0 Å². The molecule has 0 aliphatic carbocycles. The maximum Gasteiger partial charge on any atom is 0.414 e. The van der Waals surface area contributed by atoms with Gasteiger partial charge in [0.05, 0.1) is 17.1 Å². The van der Waals surface area contributed by atoms with Crippen LogP contribution in [0.4, 0.5) is 11.4 Å². The number of sulfonamides is 1. The van der Waals surface area contributed by atoms with Gasteiger partial charge in [-0.15, -0.1) is 0 Å². The van der Waals surface area contributed by atoms with Gasteiger partial charge in [-0.25, -0.2) is 18.0 Å².